The van der Waals surface area contributed by atoms with E-state index in [2.05, 4.69) is 10.3 Å². The Morgan fingerprint density at radius 1 is 1.27 bits per heavy atom. The molecule has 0 atom stereocenters. The fourth-order valence-electron chi connectivity index (χ4n) is 1.61. The van der Waals surface area contributed by atoms with Crippen LogP contribution in [-0.4, -0.2) is 29.3 Å². The van der Waals surface area contributed by atoms with Crippen molar-refractivity contribution in [1.82, 2.24) is 4.98 Å². The van der Waals surface area contributed by atoms with E-state index in [1.165, 1.54) is 18.3 Å². The lowest BCUT2D eigenvalue weighted by atomic mass is 10.3. The summed E-state index contributed by atoms with van der Waals surface area (Å²) in [7, 11) is 0. The maximum atomic E-state index is 12.0. The zero-order valence-electron chi connectivity index (χ0n) is 12.0. The number of rotatable bonds is 6. The highest BCUT2D eigenvalue weighted by Gasteiger charge is 2.14. The largest absolute Gasteiger partial charge is 0.466 e. The van der Waals surface area contributed by atoms with Gasteiger partial charge in [-0.2, -0.15) is 0 Å². The second-order valence-corrected chi connectivity index (χ2v) is 6.24. The fourth-order valence-corrected chi connectivity index (χ4v) is 3.12. The molecule has 6 nitrogen and oxygen atoms in total. The average Bonchev–Trinajstić information content (AvgIpc) is 3.08. The topological polar surface area (TPSA) is 85.4 Å². The number of Topliss-reactive ketones (excluding diaryl/α,β-unsaturated/α-hetero) is 1. The Morgan fingerprint density at radius 2 is 2.00 bits per heavy atom. The first kappa shape index (κ1) is 16.3. The zero-order valence-corrected chi connectivity index (χ0v) is 13.7. The van der Waals surface area contributed by atoms with Crippen LogP contribution in [0.1, 0.15) is 38.9 Å². The van der Waals surface area contributed by atoms with Gasteiger partial charge in [0.2, 0.25) is 0 Å². The van der Waals surface area contributed by atoms with Gasteiger partial charge in [0.05, 0.1) is 28.5 Å². The van der Waals surface area contributed by atoms with E-state index in [9.17, 15) is 14.4 Å². The molecule has 2 rings (SSSR count). The number of ketones is 1. The summed E-state index contributed by atoms with van der Waals surface area (Å²) >= 11 is 2.37. The number of thiophene rings is 1. The third kappa shape index (κ3) is 4.22. The Bertz CT molecular complexity index is 705. The van der Waals surface area contributed by atoms with Crippen molar-refractivity contribution < 1.29 is 19.1 Å². The molecule has 0 aliphatic heterocycles. The Hall–Kier alpha value is -2.06. The van der Waals surface area contributed by atoms with Gasteiger partial charge in [0.25, 0.3) is 5.91 Å². The van der Waals surface area contributed by atoms with Crippen LogP contribution in [0.2, 0.25) is 0 Å². The number of esters is 1. The quantitative estimate of drug-likeness (QED) is 0.646. The number of thiazole rings is 1. The van der Waals surface area contributed by atoms with Gasteiger partial charge < -0.3 is 4.74 Å². The number of amides is 1. The van der Waals surface area contributed by atoms with E-state index in [0.717, 1.165) is 11.3 Å². The highest BCUT2D eigenvalue weighted by Crippen LogP contribution is 2.21. The van der Waals surface area contributed by atoms with Gasteiger partial charge in [-0.25, -0.2) is 4.98 Å². The highest BCUT2D eigenvalue weighted by molar-refractivity contribution is 7.16. The lowest BCUT2D eigenvalue weighted by Crippen LogP contribution is -2.11. The van der Waals surface area contributed by atoms with Crippen LogP contribution in [-0.2, 0) is 16.0 Å². The molecule has 1 amide bonds. The van der Waals surface area contributed by atoms with Crippen LogP contribution in [0, 0.1) is 0 Å². The molecule has 0 bridgehead atoms. The van der Waals surface area contributed by atoms with Gasteiger partial charge >= 0.3 is 5.97 Å². The van der Waals surface area contributed by atoms with Crippen molar-refractivity contribution >= 4 is 45.5 Å². The first-order valence-corrected chi connectivity index (χ1v) is 8.21. The Balaban J connectivity index is 1.98. The number of carbonyl (C=O) groups excluding carboxylic acids is 3. The van der Waals surface area contributed by atoms with E-state index < -0.39 is 0 Å². The smallest absolute Gasteiger partial charge is 0.311 e. The lowest BCUT2D eigenvalue weighted by Gasteiger charge is -1.99. The molecule has 0 fully saturated rings. The van der Waals surface area contributed by atoms with Crippen molar-refractivity contribution in [3.63, 3.8) is 0 Å². The minimum absolute atomic E-state index is 0.0741. The molecule has 0 saturated carbocycles. The molecule has 0 aromatic carbocycles. The summed E-state index contributed by atoms with van der Waals surface area (Å²) in [5.74, 6) is -0.750. The number of hydrogen-bond acceptors (Lipinski definition) is 7. The van der Waals surface area contributed by atoms with E-state index in [1.54, 1.807) is 24.4 Å². The number of carbonyl (C=O) groups is 3. The Morgan fingerprint density at radius 3 is 2.64 bits per heavy atom. The first-order valence-electron chi connectivity index (χ1n) is 6.51. The maximum Gasteiger partial charge on any atom is 0.311 e. The van der Waals surface area contributed by atoms with Gasteiger partial charge in [-0.1, -0.05) is 0 Å². The number of nitrogens with one attached hydrogen (secondary N) is 1. The number of anilines is 1. The van der Waals surface area contributed by atoms with E-state index in [1.807, 2.05) is 0 Å². The molecule has 0 aliphatic rings. The van der Waals surface area contributed by atoms with E-state index >= 15 is 0 Å². The monoisotopic (exact) mass is 338 g/mol. The van der Waals surface area contributed by atoms with Crippen molar-refractivity contribution in [3.8, 4) is 0 Å². The van der Waals surface area contributed by atoms with Crippen molar-refractivity contribution in [2.24, 2.45) is 0 Å². The molecule has 0 aliphatic carbocycles. The fraction of sp³-hybridized carbons (Fsp3) is 0.286. The SMILES string of the molecule is CCOC(=O)Cc1csc(NC(=O)c2ccc(C(C)=O)s2)n1. The van der Waals surface area contributed by atoms with Crippen LogP contribution < -0.4 is 5.32 Å². The first-order chi connectivity index (χ1) is 10.5. The lowest BCUT2D eigenvalue weighted by molar-refractivity contribution is -0.142. The minimum Gasteiger partial charge on any atom is -0.466 e. The summed E-state index contributed by atoms with van der Waals surface area (Å²) in [4.78, 5) is 39.8. The van der Waals surface area contributed by atoms with Crippen molar-refractivity contribution in [1.29, 1.82) is 0 Å². The van der Waals surface area contributed by atoms with Gasteiger partial charge in [-0.15, -0.1) is 22.7 Å². The molecule has 2 aromatic rings. The van der Waals surface area contributed by atoms with Crippen molar-refractivity contribution in [2.45, 2.75) is 20.3 Å². The highest BCUT2D eigenvalue weighted by atomic mass is 32.1. The summed E-state index contributed by atoms with van der Waals surface area (Å²) in [6.45, 7) is 3.51. The molecule has 0 unspecified atom stereocenters. The molecule has 0 radical (unpaired) electrons. The van der Waals surface area contributed by atoms with Crippen LogP contribution in [0.3, 0.4) is 0 Å². The Kier molecular flexibility index (Phi) is 5.40. The van der Waals surface area contributed by atoms with E-state index in [4.69, 9.17) is 4.74 Å². The normalized spacial score (nSPS) is 10.3. The van der Waals surface area contributed by atoms with Gasteiger partial charge in [-0.3, -0.25) is 19.7 Å². The third-order valence-corrected chi connectivity index (χ3v) is 4.57. The molecule has 116 valence electrons. The standard InChI is InChI=1S/C14H14N2O4S2/c1-3-20-12(18)6-9-7-21-14(15-9)16-13(19)11-5-4-10(22-11)8(2)17/h4-5,7H,3,6H2,1-2H3,(H,15,16,19). The molecular formula is C14H14N2O4S2. The summed E-state index contributed by atoms with van der Waals surface area (Å²) in [6, 6.07) is 3.22. The van der Waals surface area contributed by atoms with Gasteiger partial charge in [0.15, 0.2) is 10.9 Å². The second kappa shape index (κ2) is 7.28. The predicted molar refractivity (Wildman–Crippen MR) is 84.7 cm³/mol. The molecular weight excluding hydrogens is 324 g/mol. The number of aromatic nitrogens is 1. The molecule has 22 heavy (non-hydrogen) atoms. The van der Waals surface area contributed by atoms with Crippen LogP contribution in [0.25, 0.3) is 0 Å². The van der Waals surface area contributed by atoms with Crippen molar-refractivity contribution in [3.05, 3.63) is 33.0 Å². The van der Waals surface area contributed by atoms with Gasteiger partial charge in [0.1, 0.15) is 0 Å². The predicted octanol–water partition coefficient (Wildman–Crippen LogP) is 2.77. The summed E-state index contributed by atoms with van der Waals surface area (Å²) in [5, 5.41) is 4.75. The molecule has 0 saturated heterocycles. The zero-order chi connectivity index (χ0) is 16.1. The maximum absolute atomic E-state index is 12.0. The van der Waals surface area contributed by atoms with Gasteiger partial charge in [0, 0.05) is 5.38 Å². The molecule has 8 heteroatoms. The molecule has 2 aromatic heterocycles. The van der Waals surface area contributed by atoms with Crippen LogP contribution in [0.5, 0.6) is 0 Å². The number of nitrogens with zero attached hydrogens (tertiary/aromatic N) is 1. The Labute approximate surface area is 135 Å². The minimum atomic E-state index is -0.352. The summed E-state index contributed by atoms with van der Waals surface area (Å²) in [5.41, 5.74) is 0.550. The second-order valence-electron chi connectivity index (χ2n) is 4.30. The average molecular weight is 338 g/mol. The molecule has 2 heterocycles. The number of hydrogen-bond donors (Lipinski definition) is 1. The van der Waals surface area contributed by atoms with Crippen LogP contribution in [0.15, 0.2) is 17.5 Å². The number of ether oxygens (including phenoxy) is 1. The van der Waals surface area contributed by atoms with Crippen LogP contribution in [0.4, 0.5) is 5.13 Å². The van der Waals surface area contributed by atoms with E-state index in [0.29, 0.717) is 27.2 Å². The van der Waals surface area contributed by atoms with Crippen LogP contribution >= 0.6 is 22.7 Å². The molecule has 1 N–H and O–H groups in total. The van der Waals surface area contributed by atoms with E-state index in [-0.39, 0.29) is 24.1 Å². The van der Waals surface area contributed by atoms with Crippen molar-refractivity contribution in [2.75, 3.05) is 11.9 Å². The van der Waals surface area contributed by atoms with Gasteiger partial charge in [-0.05, 0) is 26.0 Å². The summed E-state index contributed by atoms with van der Waals surface area (Å²) < 4.78 is 4.84. The summed E-state index contributed by atoms with van der Waals surface area (Å²) in [6.07, 6.45) is 0.0771. The molecule has 0 spiro atoms. The third-order valence-electron chi connectivity index (χ3n) is 2.58.